The third kappa shape index (κ3) is 2.84. The minimum atomic E-state index is 0.493. The van der Waals surface area contributed by atoms with Gasteiger partial charge in [-0.25, -0.2) is 0 Å². The lowest BCUT2D eigenvalue weighted by Crippen LogP contribution is -1.95. The summed E-state index contributed by atoms with van der Waals surface area (Å²) in [5, 5.41) is 0.640. The van der Waals surface area contributed by atoms with Crippen LogP contribution in [0.25, 0.3) is 0 Å². The molecule has 0 spiro atoms. The molecule has 0 radical (unpaired) electrons. The van der Waals surface area contributed by atoms with E-state index in [0.29, 0.717) is 27.9 Å². The summed E-state index contributed by atoms with van der Waals surface area (Å²) in [6.45, 7) is 0. The maximum atomic E-state index is 5.84. The van der Waals surface area contributed by atoms with Crippen LogP contribution in [0.15, 0.2) is 40.9 Å². The lowest BCUT2D eigenvalue weighted by molar-refractivity contribution is 0.480. The fourth-order valence-electron chi connectivity index (χ4n) is 1.30. The van der Waals surface area contributed by atoms with E-state index in [1.54, 1.807) is 36.4 Å². The average molecular weight is 314 g/mol. The Morgan fingerprint density at radius 3 is 2.41 bits per heavy atom. The fraction of sp³-hybridized carbons (Fsp3) is 0. The van der Waals surface area contributed by atoms with E-state index >= 15 is 0 Å². The van der Waals surface area contributed by atoms with Crippen LogP contribution < -0.4 is 16.2 Å². The van der Waals surface area contributed by atoms with Crippen molar-refractivity contribution in [2.75, 3.05) is 11.5 Å². The van der Waals surface area contributed by atoms with Crippen LogP contribution in [0, 0.1) is 0 Å². The molecule has 0 amide bonds. The van der Waals surface area contributed by atoms with Gasteiger partial charge in [0.1, 0.15) is 11.5 Å². The van der Waals surface area contributed by atoms with Gasteiger partial charge in [-0.2, -0.15) is 0 Å². The number of nitrogen functional groups attached to an aromatic ring is 2. The molecule has 2 aromatic rings. The van der Waals surface area contributed by atoms with Crippen LogP contribution in [-0.2, 0) is 0 Å². The molecule has 17 heavy (non-hydrogen) atoms. The summed E-state index contributed by atoms with van der Waals surface area (Å²) in [7, 11) is 0. The highest BCUT2D eigenvalue weighted by Crippen LogP contribution is 2.33. The second kappa shape index (κ2) is 4.85. The smallest absolute Gasteiger partial charge is 0.141 e. The minimum Gasteiger partial charge on any atom is -0.456 e. The van der Waals surface area contributed by atoms with Gasteiger partial charge >= 0.3 is 0 Å². The largest absolute Gasteiger partial charge is 0.456 e. The molecule has 0 bridgehead atoms. The van der Waals surface area contributed by atoms with E-state index in [-0.39, 0.29) is 0 Å². The zero-order valence-electron chi connectivity index (χ0n) is 8.78. The topological polar surface area (TPSA) is 61.3 Å². The molecule has 4 N–H and O–H groups in total. The number of anilines is 2. The fourth-order valence-corrected chi connectivity index (χ4v) is 2.06. The van der Waals surface area contributed by atoms with E-state index in [1.165, 1.54) is 0 Å². The molecule has 0 aliphatic heterocycles. The molecule has 0 aliphatic rings. The molecular formula is C12H10BrClN2O. The molecule has 0 unspecified atom stereocenters. The molecule has 3 nitrogen and oxygen atoms in total. The predicted molar refractivity (Wildman–Crippen MR) is 74.5 cm³/mol. The molecular weight excluding hydrogens is 304 g/mol. The summed E-state index contributed by atoms with van der Waals surface area (Å²) >= 11 is 9.22. The molecule has 2 aromatic carbocycles. The van der Waals surface area contributed by atoms with E-state index in [1.807, 2.05) is 0 Å². The lowest BCUT2D eigenvalue weighted by atomic mass is 10.2. The van der Waals surface area contributed by atoms with Gasteiger partial charge in [-0.15, -0.1) is 0 Å². The molecule has 5 heteroatoms. The zero-order chi connectivity index (χ0) is 12.4. The number of halogens is 2. The predicted octanol–water partition coefficient (Wildman–Crippen LogP) is 4.06. The van der Waals surface area contributed by atoms with Crippen LogP contribution in [0.4, 0.5) is 11.4 Å². The summed E-state index contributed by atoms with van der Waals surface area (Å²) in [5.41, 5.74) is 12.4. The van der Waals surface area contributed by atoms with Crippen molar-refractivity contribution in [3.8, 4) is 11.5 Å². The van der Waals surface area contributed by atoms with E-state index in [9.17, 15) is 0 Å². The van der Waals surface area contributed by atoms with E-state index < -0.39 is 0 Å². The number of benzene rings is 2. The Kier molecular flexibility index (Phi) is 3.45. The van der Waals surface area contributed by atoms with Crippen LogP contribution >= 0.6 is 27.5 Å². The Hall–Kier alpha value is -1.39. The number of rotatable bonds is 2. The Bertz CT molecular complexity index is 560. The highest BCUT2D eigenvalue weighted by atomic mass is 79.9. The van der Waals surface area contributed by atoms with Gasteiger partial charge in [0, 0.05) is 11.1 Å². The highest BCUT2D eigenvalue weighted by molar-refractivity contribution is 9.10. The molecule has 0 fully saturated rings. The van der Waals surface area contributed by atoms with Gasteiger partial charge in [-0.1, -0.05) is 11.6 Å². The first-order valence-electron chi connectivity index (χ1n) is 4.84. The molecule has 0 heterocycles. The molecule has 0 aliphatic carbocycles. The number of ether oxygens (including phenoxy) is 1. The van der Waals surface area contributed by atoms with Crippen molar-refractivity contribution in [2.24, 2.45) is 0 Å². The van der Waals surface area contributed by atoms with Gasteiger partial charge in [0.25, 0.3) is 0 Å². The second-order valence-electron chi connectivity index (χ2n) is 3.47. The Morgan fingerprint density at radius 1 is 1.00 bits per heavy atom. The van der Waals surface area contributed by atoms with E-state index in [0.717, 1.165) is 4.47 Å². The molecule has 0 saturated carbocycles. The summed E-state index contributed by atoms with van der Waals surface area (Å²) in [5.74, 6) is 1.29. The highest BCUT2D eigenvalue weighted by Gasteiger charge is 2.04. The van der Waals surface area contributed by atoms with Crippen LogP contribution in [0.1, 0.15) is 0 Å². The molecule has 2 rings (SSSR count). The normalized spacial score (nSPS) is 10.2. The summed E-state index contributed by atoms with van der Waals surface area (Å²) < 4.78 is 6.44. The van der Waals surface area contributed by atoms with Gasteiger partial charge in [0.05, 0.1) is 15.8 Å². The SMILES string of the molecule is Nc1ccc(Oc2ccc(Cl)cc2Br)cc1N. The van der Waals surface area contributed by atoms with Crippen LogP contribution in [0.2, 0.25) is 5.02 Å². The van der Waals surface area contributed by atoms with Crippen molar-refractivity contribution in [3.05, 3.63) is 45.9 Å². The van der Waals surface area contributed by atoms with Crippen molar-refractivity contribution in [3.63, 3.8) is 0 Å². The van der Waals surface area contributed by atoms with Crippen LogP contribution in [-0.4, -0.2) is 0 Å². The summed E-state index contributed by atoms with van der Waals surface area (Å²) in [4.78, 5) is 0. The number of nitrogens with two attached hydrogens (primary N) is 2. The summed E-state index contributed by atoms with van der Waals surface area (Å²) in [6.07, 6.45) is 0. The zero-order valence-corrected chi connectivity index (χ0v) is 11.1. The maximum Gasteiger partial charge on any atom is 0.141 e. The monoisotopic (exact) mass is 312 g/mol. The third-order valence-electron chi connectivity index (χ3n) is 2.18. The maximum absolute atomic E-state index is 5.84. The number of hydrogen-bond donors (Lipinski definition) is 2. The van der Waals surface area contributed by atoms with Crippen LogP contribution in [0.5, 0.6) is 11.5 Å². The molecule has 0 saturated heterocycles. The Morgan fingerprint density at radius 2 is 1.76 bits per heavy atom. The summed E-state index contributed by atoms with van der Waals surface area (Å²) in [6, 6.07) is 10.4. The van der Waals surface area contributed by atoms with Crippen molar-refractivity contribution in [1.82, 2.24) is 0 Å². The van der Waals surface area contributed by atoms with Crippen molar-refractivity contribution in [2.45, 2.75) is 0 Å². The Labute approximate surface area is 112 Å². The van der Waals surface area contributed by atoms with Gasteiger partial charge < -0.3 is 16.2 Å². The molecule has 0 aromatic heterocycles. The Balaban J connectivity index is 2.28. The second-order valence-corrected chi connectivity index (χ2v) is 4.76. The quantitative estimate of drug-likeness (QED) is 0.822. The first-order valence-corrected chi connectivity index (χ1v) is 6.01. The van der Waals surface area contributed by atoms with E-state index in [2.05, 4.69) is 15.9 Å². The van der Waals surface area contributed by atoms with Gasteiger partial charge in [0.15, 0.2) is 0 Å². The van der Waals surface area contributed by atoms with Crippen molar-refractivity contribution in [1.29, 1.82) is 0 Å². The van der Waals surface area contributed by atoms with Crippen molar-refractivity contribution >= 4 is 38.9 Å². The van der Waals surface area contributed by atoms with Crippen LogP contribution in [0.3, 0.4) is 0 Å². The van der Waals surface area contributed by atoms with Gasteiger partial charge in [-0.05, 0) is 46.3 Å². The first-order chi connectivity index (χ1) is 8.06. The van der Waals surface area contributed by atoms with Gasteiger partial charge in [-0.3, -0.25) is 0 Å². The average Bonchev–Trinajstić information content (AvgIpc) is 2.27. The van der Waals surface area contributed by atoms with Gasteiger partial charge in [0.2, 0.25) is 0 Å². The standard InChI is InChI=1S/C12H10BrClN2O/c13-9-5-7(14)1-4-12(9)17-8-2-3-10(15)11(16)6-8/h1-6H,15-16H2. The first kappa shape index (κ1) is 12.1. The lowest BCUT2D eigenvalue weighted by Gasteiger charge is -2.09. The van der Waals surface area contributed by atoms with Crippen molar-refractivity contribution < 1.29 is 4.74 Å². The number of hydrogen-bond acceptors (Lipinski definition) is 3. The van der Waals surface area contributed by atoms with E-state index in [4.69, 9.17) is 27.8 Å². The third-order valence-corrected chi connectivity index (χ3v) is 3.03. The molecule has 88 valence electrons. The minimum absolute atomic E-state index is 0.493. The molecule has 0 atom stereocenters.